The van der Waals surface area contributed by atoms with Crippen LogP contribution < -0.4 is 15.2 Å². The lowest BCUT2D eigenvalue weighted by Crippen LogP contribution is -2.21. The molecule has 0 atom stereocenters. The van der Waals surface area contributed by atoms with Gasteiger partial charge in [-0.2, -0.15) is 0 Å². The molecular weight excluding hydrogens is 282 g/mol. The first-order valence-corrected chi connectivity index (χ1v) is 7.68. The summed E-state index contributed by atoms with van der Waals surface area (Å²) in [6.07, 6.45) is 5.13. The number of nitrogens with zero attached hydrogens (tertiary/aromatic N) is 2. The first kappa shape index (κ1) is 14.8. The van der Waals surface area contributed by atoms with Crippen LogP contribution in [0.25, 0.3) is 10.9 Å². The van der Waals surface area contributed by atoms with Crippen molar-refractivity contribution >= 4 is 10.9 Å². The molecule has 1 N–H and O–H groups in total. The molecule has 1 aromatic carbocycles. The molecular formula is C16H21N3O3. The molecule has 0 bridgehead atoms. The first-order valence-electron chi connectivity index (χ1n) is 7.68. The molecule has 1 aliphatic heterocycles. The number of likely N-dealkylation sites (tertiary alicyclic amines) is 1. The molecule has 1 aliphatic rings. The number of hydrogen-bond donors (Lipinski definition) is 1. The zero-order valence-electron chi connectivity index (χ0n) is 12.8. The molecule has 118 valence electrons. The van der Waals surface area contributed by atoms with Crippen LogP contribution in [0.5, 0.6) is 11.5 Å². The maximum absolute atomic E-state index is 11.3. The Bertz CT molecular complexity index is 693. The van der Waals surface area contributed by atoms with Gasteiger partial charge in [-0.05, 0) is 38.4 Å². The lowest BCUT2D eigenvalue weighted by Gasteiger charge is -2.15. The van der Waals surface area contributed by atoms with E-state index < -0.39 is 0 Å². The van der Waals surface area contributed by atoms with Crippen molar-refractivity contribution in [3.8, 4) is 11.5 Å². The molecule has 3 rings (SSSR count). The van der Waals surface area contributed by atoms with Gasteiger partial charge in [0.05, 0.1) is 19.2 Å². The molecule has 22 heavy (non-hydrogen) atoms. The third kappa shape index (κ3) is 3.39. The Balaban J connectivity index is 1.67. The van der Waals surface area contributed by atoms with E-state index in [1.165, 1.54) is 32.1 Å². The fraction of sp³-hybridized carbons (Fsp3) is 0.500. The highest BCUT2D eigenvalue weighted by molar-refractivity contribution is 5.81. The lowest BCUT2D eigenvalue weighted by molar-refractivity contribution is 0.254. The standard InChI is InChI=1S/C16H21N3O3/c1-21-14-9-12-11-17-16(20)18-13(12)10-15(14)22-8-4-7-19-5-2-3-6-19/h9-11H,2-8H2,1H3,(H,17,18,20). The summed E-state index contributed by atoms with van der Waals surface area (Å²) in [5.74, 6) is 1.31. The zero-order valence-corrected chi connectivity index (χ0v) is 12.8. The molecule has 0 amide bonds. The average Bonchev–Trinajstić information content (AvgIpc) is 3.04. The number of ether oxygens (including phenoxy) is 2. The van der Waals surface area contributed by atoms with Crippen LogP contribution in [0.1, 0.15) is 19.3 Å². The Kier molecular flexibility index (Phi) is 4.58. The number of aromatic nitrogens is 2. The van der Waals surface area contributed by atoms with Gasteiger partial charge in [-0.25, -0.2) is 9.78 Å². The Hall–Kier alpha value is -2.08. The van der Waals surface area contributed by atoms with Crippen LogP contribution >= 0.6 is 0 Å². The highest BCUT2D eigenvalue weighted by Crippen LogP contribution is 2.31. The number of hydrogen-bond acceptors (Lipinski definition) is 5. The maximum atomic E-state index is 11.3. The predicted molar refractivity (Wildman–Crippen MR) is 84.7 cm³/mol. The minimum atomic E-state index is -0.363. The molecule has 6 nitrogen and oxygen atoms in total. The Morgan fingerprint density at radius 1 is 1.27 bits per heavy atom. The second kappa shape index (κ2) is 6.79. The number of methoxy groups -OCH3 is 1. The highest BCUT2D eigenvalue weighted by atomic mass is 16.5. The van der Waals surface area contributed by atoms with E-state index in [1.807, 2.05) is 6.07 Å². The molecule has 2 heterocycles. The third-order valence-corrected chi connectivity index (χ3v) is 3.97. The van der Waals surface area contributed by atoms with Gasteiger partial charge in [-0.15, -0.1) is 0 Å². The molecule has 1 saturated heterocycles. The SMILES string of the molecule is COc1cc2cnc(=O)[nH]c2cc1OCCCN1CCCC1. The van der Waals surface area contributed by atoms with Crippen LogP contribution in [0.15, 0.2) is 23.1 Å². The third-order valence-electron chi connectivity index (χ3n) is 3.97. The maximum Gasteiger partial charge on any atom is 0.345 e. The van der Waals surface area contributed by atoms with Crippen molar-refractivity contribution in [2.45, 2.75) is 19.3 Å². The van der Waals surface area contributed by atoms with Gasteiger partial charge in [0.15, 0.2) is 11.5 Å². The summed E-state index contributed by atoms with van der Waals surface area (Å²) >= 11 is 0. The van der Waals surface area contributed by atoms with Crippen LogP contribution in [-0.2, 0) is 0 Å². The van der Waals surface area contributed by atoms with Crippen molar-refractivity contribution in [1.29, 1.82) is 0 Å². The summed E-state index contributed by atoms with van der Waals surface area (Å²) < 4.78 is 11.2. The Labute approximate surface area is 129 Å². The van der Waals surface area contributed by atoms with Gasteiger partial charge >= 0.3 is 5.69 Å². The van der Waals surface area contributed by atoms with E-state index in [0.29, 0.717) is 23.6 Å². The fourth-order valence-electron chi connectivity index (χ4n) is 2.82. The van der Waals surface area contributed by atoms with Crippen LogP contribution in [0.2, 0.25) is 0 Å². The van der Waals surface area contributed by atoms with Crippen LogP contribution in [0.4, 0.5) is 0 Å². The van der Waals surface area contributed by atoms with Gasteiger partial charge in [-0.1, -0.05) is 0 Å². The molecule has 2 aromatic rings. The van der Waals surface area contributed by atoms with E-state index in [9.17, 15) is 4.79 Å². The number of nitrogens with one attached hydrogen (secondary N) is 1. The summed E-state index contributed by atoms with van der Waals surface area (Å²) in [6, 6.07) is 3.63. The monoisotopic (exact) mass is 303 g/mol. The summed E-state index contributed by atoms with van der Waals surface area (Å²) in [5, 5.41) is 0.820. The first-order chi connectivity index (χ1) is 10.8. The normalized spacial score (nSPS) is 15.3. The van der Waals surface area contributed by atoms with Gasteiger partial charge in [0.1, 0.15) is 0 Å². The lowest BCUT2D eigenvalue weighted by atomic mass is 10.2. The largest absolute Gasteiger partial charge is 0.493 e. The minimum absolute atomic E-state index is 0.363. The zero-order chi connectivity index (χ0) is 15.4. The smallest absolute Gasteiger partial charge is 0.345 e. The summed E-state index contributed by atoms with van der Waals surface area (Å²) in [7, 11) is 1.61. The molecule has 0 aliphatic carbocycles. The molecule has 0 unspecified atom stereocenters. The number of H-pyrrole nitrogens is 1. The number of benzene rings is 1. The molecule has 0 spiro atoms. The van der Waals surface area contributed by atoms with E-state index >= 15 is 0 Å². The topological polar surface area (TPSA) is 67.4 Å². The molecule has 6 heteroatoms. The van der Waals surface area contributed by atoms with Gasteiger partial charge in [0.25, 0.3) is 0 Å². The van der Waals surface area contributed by atoms with Crippen molar-refractivity contribution in [3.05, 3.63) is 28.8 Å². The summed E-state index contributed by atoms with van der Waals surface area (Å²) in [4.78, 5) is 20.2. The van der Waals surface area contributed by atoms with Crippen molar-refractivity contribution in [2.24, 2.45) is 0 Å². The van der Waals surface area contributed by atoms with E-state index in [0.717, 1.165) is 18.4 Å². The summed E-state index contributed by atoms with van der Waals surface area (Å²) in [6.45, 7) is 4.10. The van der Waals surface area contributed by atoms with Crippen LogP contribution in [-0.4, -0.2) is 48.2 Å². The molecule has 1 fully saturated rings. The van der Waals surface area contributed by atoms with Gasteiger partial charge in [-0.3, -0.25) is 0 Å². The molecule has 0 saturated carbocycles. The number of fused-ring (bicyclic) bond motifs is 1. The van der Waals surface area contributed by atoms with E-state index in [1.54, 1.807) is 13.2 Å². The molecule has 1 aromatic heterocycles. The second-order valence-corrected chi connectivity index (χ2v) is 5.53. The predicted octanol–water partition coefficient (Wildman–Crippen LogP) is 1.80. The van der Waals surface area contributed by atoms with Crippen molar-refractivity contribution < 1.29 is 9.47 Å². The Morgan fingerprint density at radius 2 is 2.09 bits per heavy atom. The number of rotatable bonds is 6. The molecule has 0 radical (unpaired) electrons. The highest BCUT2D eigenvalue weighted by Gasteiger charge is 2.11. The van der Waals surface area contributed by atoms with Crippen molar-refractivity contribution in [2.75, 3.05) is 33.4 Å². The van der Waals surface area contributed by atoms with Crippen molar-refractivity contribution in [1.82, 2.24) is 14.9 Å². The quantitative estimate of drug-likeness (QED) is 0.824. The average molecular weight is 303 g/mol. The van der Waals surface area contributed by atoms with E-state index in [4.69, 9.17) is 9.47 Å². The second-order valence-electron chi connectivity index (χ2n) is 5.53. The Morgan fingerprint density at radius 3 is 2.86 bits per heavy atom. The van der Waals surface area contributed by atoms with Crippen LogP contribution in [0.3, 0.4) is 0 Å². The van der Waals surface area contributed by atoms with E-state index in [-0.39, 0.29) is 5.69 Å². The van der Waals surface area contributed by atoms with Crippen molar-refractivity contribution in [3.63, 3.8) is 0 Å². The van der Waals surface area contributed by atoms with E-state index in [2.05, 4.69) is 14.9 Å². The fourth-order valence-corrected chi connectivity index (χ4v) is 2.82. The van der Waals surface area contributed by atoms with Crippen LogP contribution in [0, 0.1) is 0 Å². The summed E-state index contributed by atoms with van der Waals surface area (Å²) in [5.41, 5.74) is 0.341. The minimum Gasteiger partial charge on any atom is -0.493 e. The van der Waals surface area contributed by atoms with Gasteiger partial charge in [0.2, 0.25) is 0 Å². The van der Waals surface area contributed by atoms with Gasteiger partial charge < -0.3 is 19.4 Å². The number of aromatic amines is 1. The van der Waals surface area contributed by atoms with Gasteiger partial charge in [0, 0.05) is 24.2 Å².